The summed E-state index contributed by atoms with van der Waals surface area (Å²) in [5, 5.41) is 9.99. The van der Waals surface area contributed by atoms with Crippen molar-refractivity contribution in [3.63, 3.8) is 0 Å². The average molecular weight is 277 g/mol. The van der Waals surface area contributed by atoms with E-state index in [1.165, 1.54) is 0 Å². The van der Waals surface area contributed by atoms with Gasteiger partial charge in [-0.3, -0.25) is 0 Å². The number of hydrogen-bond acceptors (Lipinski definition) is 2. The Bertz CT molecular complexity index is 560. The van der Waals surface area contributed by atoms with Crippen LogP contribution in [-0.4, -0.2) is 18.7 Å². The summed E-state index contributed by atoms with van der Waals surface area (Å²) in [7, 11) is 1.89. The smallest absolute Gasteiger partial charge is 0.129 e. The zero-order chi connectivity index (χ0) is 14.5. The van der Waals surface area contributed by atoms with Gasteiger partial charge < -0.3 is 10.0 Å². The Morgan fingerprint density at radius 3 is 2.50 bits per heavy atom. The van der Waals surface area contributed by atoms with Crippen molar-refractivity contribution >= 4 is 5.69 Å². The molecule has 0 bridgehead atoms. The van der Waals surface area contributed by atoms with Crippen molar-refractivity contribution in [2.45, 2.75) is 12.5 Å². The van der Waals surface area contributed by atoms with Gasteiger partial charge in [0, 0.05) is 24.8 Å². The summed E-state index contributed by atoms with van der Waals surface area (Å²) in [6.45, 7) is 0.543. The highest BCUT2D eigenvalue weighted by molar-refractivity contribution is 5.44. The van der Waals surface area contributed by atoms with Gasteiger partial charge in [0.2, 0.25) is 0 Å². The van der Waals surface area contributed by atoms with Gasteiger partial charge in [0.15, 0.2) is 0 Å². The first kappa shape index (κ1) is 14.5. The highest BCUT2D eigenvalue weighted by Crippen LogP contribution is 2.22. The van der Waals surface area contributed by atoms with Gasteiger partial charge >= 0.3 is 0 Å². The maximum absolute atomic E-state index is 13.5. The number of nitrogens with zero attached hydrogens (tertiary/aromatic N) is 1. The molecular formula is C16H17F2NO. The molecule has 0 aromatic heterocycles. The molecule has 0 fully saturated rings. The van der Waals surface area contributed by atoms with Crippen LogP contribution in [0.5, 0.6) is 0 Å². The van der Waals surface area contributed by atoms with Crippen LogP contribution in [0.3, 0.4) is 0 Å². The maximum Gasteiger partial charge on any atom is 0.129 e. The molecule has 2 aromatic rings. The second-order valence-corrected chi connectivity index (χ2v) is 4.73. The summed E-state index contributed by atoms with van der Waals surface area (Å²) < 4.78 is 26.6. The lowest BCUT2D eigenvalue weighted by molar-refractivity contribution is 0.164. The average Bonchev–Trinajstić information content (AvgIpc) is 2.47. The van der Waals surface area contributed by atoms with E-state index in [1.54, 1.807) is 0 Å². The molecule has 4 heteroatoms. The Kier molecular flexibility index (Phi) is 4.69. The molecule has 1 N–H and O–H groups in total. The number of aliphatic hydroxyl groups is 1. The predicted molar refractivity (Wildman–Crippen MR) is 75.6 cm³/mol. The molecule has 0 saturated carbocycles. The molecule has 1 unspecified atom stereocenters. The van der Waals surface area contributed by atoms with E-state index in [9.17, 15) is 13.9 Å². The molecular weight excluding hydrogens is 260 g/mol. The highest BCUT2D eigenvalue weighted by atomic mass is 19.1. The first-order chi connectivity index (χ1) is 9.58. The van der Waals surface area contributed by atoms with Crippen LogP contribution in [0.15, 0.2) is 48.5 Å². The molecule has 0 saturated heterocycles. The minimum Gasteiger partial charge on any atom is -0.388 e. The van der Waals surface area contributed by atoms with Gasteiger partial charge in [0.1, 0.15) is 11.6 Å². The molecule has 0 aliphatic heterocycles. The van der Waals surface area contributed by atoms with E-state index in [0.29, 0.717) is 13.0 Å². The minimum absolute atomic E-state index is 0.00598. The summed E-state index contributed by atoms with van der Waals surface area (Å²) >= 11 is 0. The molecule has 0 amide bonds. The molecule has 20 heavy (non-hydrogen) atoms. The van der Waals surface area contributed by atoms with Crippen molar-refractivity contribution in [3.8, 4) is 0 Å². The molecule has 2 nitrogen and oxygen atoms in total. The van der Waals surface area contributed by atoms with Gasteiger partial charge in [-0.05, 0) is 36.8 Å². The zero-order valence-electron chi connectivity index (χ0n) is 11.3. The van der Waals surface area contributed by atoms with Gasteiger partial charge in [-0.15, -0.1) is 0 Å². The third kappa shape index (κ3) is 3.54. The number of anilines is 1. The number of aliphatic hydroxyl groups excluding tert-OH is 1. The van der Waals surface area contributed by atoms with E-state index in [-0.39, 0.29) is 5.56 Å². The van der Waals surface area contributed by atoms with Crippen molar-refractivity contribution in [1.29, 1.82) is 0 Å². The first-order valence-electron chi connectivity index (χ1n) is 6.47. The SMILES string of the molecule is CN(CCC(O)c1cc(F)ccc1F)c1ccccc1. The summed E-state index contributed by atoms with van der Waals surface area (Å²) in [5.74, 6) is -1.13. The number of rotatable bonds is 5. The van der Waals surface area contributed by atoms with Gasteiger partial charge in [0.05, 0.1) is 6.10 Å². The monoisotopic (exact) mass is 277 g/mol. The Labute approximate surface area is 117 Å². The molecule has 0 spiro atoms. The second kappa shape index (κ2) is 6.48. The van der Waals surface area contributed by atoms with Crippen molar-refractivity contribution in [1.82, 2.24) is 0 Å². The highest BCUT2D eigenvalue weighted by Gasteiger charge is 2.14. The number of halogens is 2. The number of benzene rings is 2. The van der Waals surface area contributed by atoms with E-state index >= 15 is 0 Å². The zero-order valence-corrected chi connectivity index (χ0v) is 11.3. The van der Waals surface area contributed by atoms with E-state index < -0.39 is 17.7 Å². The third-order valence-electron chi connectivity index (χ3n) is 3.25. The van der Waals surface area contributed by atoms with Crippen molar-refractivity contribution in [2.75, 3.05) is 18.5 Å². The lowest BCUT2D eigenvalue weighted by Gasteiger charge is -2.21. The summed E-state index contributed by atoms with van der Waals surface area (Å²) in [6.07, 6.45) is -0.692. The van der Waals surface area contributed by atoms with E-state index in [1.807, 2.05) is 42.3 Å². The lowest BCUT2D eigenvalue weighted by Crippen LogP contribution is -2.20. The van der Waals surface area contributed by atoms with E-state index in [2.05, 4.69) is 0 Å². The van der Waals surface area contributed by atoms with Crippen LogP contribution in [0.1, 0.15) is 18.1 Å². The Balaban J connectivity index is 1.98. The molecule has 2 aromatic carbocycles. The van der Waals surface area contributed by atoms with E-state index in [0.717, 1.165) is 23.9 Å². The van der Waals surface area contributed by atoms with Crippen LogP contribution < -0.4 is 4.90 Å². The minimum atomic E-state index is -1.02. The van der Waals surface area contributed by atoms with Crippen molar-refractivity contribution in [3.05, 3.63) is 65.7 Å². The Morgan fingerprint density at radius 1 is 1.10 bits per heavy atom. The third-order valence-corrected chi connectivity index (χ3v) is 3.25. The molecule has 2 rings (SSSR count). The molecule has 106 valence electrons. The fraction of sp³-hybridized carbons (Fsp3) is 0.250. The fourth-order valence-electron chi connectivity index (χ4n) is 2.05. The number of para-hydroxylation sites is 1. The standard InChI is InChI=1S/C16H17F2NO/c1-19(13-5-3-2-4-6-13)10-9-16(20)14-11-12(17)7-8-15(14)18/h2-8,11,16,20H,9-10H2,1H3. The van der Waals surface area contributed by atoms with Crippen LogP contribution in [0.25, 0.3) is 0 Å². The van der Waals surface area contributed by atoms with Crippen LogP contribution in [0.2, 0.25) is 0 Å². The lowest BCUT2D eigenvalue weighted by atomic mass is 10.1. The largest absolute Gasteiger partial charge is 0.388 e. The van der Waals surface area contributed by atoms with Crippen molar-refractivity contribution in [2.24, 2.45) is 0 Å². The van der Waals surface area contributed by atoms with Crippen LogP contribution >= 0.6 is 0 Å². The fourth-order valence-corrected chi connectivity index (χ4v) is 2.05. The summed E-state index contributed by atoms with van der Waals surface area (Å²) in [4.78, 5) is 1.96. The normalized spacial score (nSPS) is 12.2. The molecule has 0 radical (unpaired) electrons. The first-order valence-corrected chi connectivity index (χ1v) is 6.47. The quantitative estimate of drug-likeness (QED) is 0.903. The van der Waals surface area contributed by atoms with Crippen molar-refractivity contribution < 1.29 is 13.9 Å². The topological polar surface area (TPSA) is 23.5 Å². The molecule has 0 heterocycles. The predicted octanol–water partition coefficient (Wildman–Crippen LogP) is 3.52. The van der Waals surface area contributed by atoms with Crippen LogP contribution in [0, 0.1) is 11.6 Å². The van der Waals surface area contributed by atoms with Crippen LogP contribution in [0.4, 0.5) is 14.5 Å². The van der Waals surface area contributed by atoms with Gasteiger partial charge in [-0.25, -0.2) is 8.78 Å². The maximum atomic E-state index is 13.5. The van der Waals surface area contributed by atoms with Crippen LogP contribution in [-0.2, 0) is 0 Å². The number of hydrogen-bond donors (Lipinski definition) is 1. The van der Waals surface area contributed by atoms with Gasteiger partial charge in [-0.2, -0.15) is 0 Å². The molecule has 0 aliphatic carbocycles. The Morgan fingerprint density at radius 2 is 1.80 bits per heavy atom. The molecule has 0 aliphatic rings. The van der Waals surface area contributed by atoms with E-state index in [4.69, 9.17) is 0 Å². The second-order valence-electron chi connectivity index (χ2n) is 4.73. The molecule has 1 atom stereocenters. The van der Waals surface area contributed by atoms with Gasteiger partial charge in [0.25, 0.3) is 0 Å². The summed E-state index contributed by atoms with van der Waals surface area (Å²) in [6, 6.07) is 12.8. The Hall–Kier alpha value is -1.94. The summed E-state index contributed by atoms with van der Waals surface area (Å²) in [5.41, 5.74) is 1.02. The van der Waals surface area contributed by atoms with Gasteiger partial charge in [-0.1, -0.05) is 18.2 Å².